The van der Waals surface area contributed by atoms with Gasteiger partial charge in [0, 0.05) is 6.04 Å². The van der Waals surface area contributed by atoms with Gasteiger partial charge in [0.1, 0.15) is 5.69 Å². The van der Waals surface area contributed by atoms with Gasteiger partial charge in [-0.3, -0.25) is 4.79 Å². The highest BCUT2D eigenvalue weighted by Crippen LogP contribution is 2.28. The molecule has 2 rings (SSSR count). The van der Waals surface area contributed by atoms with Crippen molar-refractivity contribution < 1.29 is 4.79 Å². The summed E-state index contributed by atoms with van der Waals surface area (Å²) >= 11 is 0. The third-order valence-corrected chi connectivity index (χ3v) is 3.94. The quantitative estimate of drug-likeness (QED) is 0.753. The Hall–Kier alpha value is -1.19. The third-order valence-electron chi connectivity index (χ3n) is 3.94. The maximum absolute atomic E-state index is 11.0. The number of nitrogens with zero attached hydrogens (tertiary/aromatic N) is 3. The molecule has 4 nitrogen and oxygen atoms in total. The molecular formula is C14H23N3O. The van der Waals surface area contributed by atoms with Crippen LogP contribution in [-0.4, -0.2) is 21.3 Å². The fourth-order valence-corrected chi connectivity index (χ4v) is 2.89. The van der Waals surface area contributed by atoms with E-state index in [2.05, 4.69) is 24.2 Å². The summed E-state index contributed by atoms with van der Waals surface area (Å²) in [7, 11) is 0. The molecule has 0 amide bonds. The first-order valence-corrected chi connectivity index (χ1v) is 7.11. The van der Waals surface area contributed by atoms with Crippen LogP contribution in [0.25, 0.3) is 0 Å². The van der Waals surface area contributed by atoms with Crippen molar-refractivity contribution in [2.45, 2.75) is 64.8 Å². The van der Waals surface area contributed by atoms with Gasteiger partial charge in [0.15, 0.2) is 6.29 Å². The molecule has 0 saturated heterocycles. The van der Waals surface area contributed by atoms with Gasteiger partial charge in [-0.25, -0.2) is 4.68 Å². The first-order valence-electron chi connectivity index (χ1n) is 7.11. The van der Waals surface area contributed by atoms with E-state index in [1.165, 1.54) is 38.5 Å². The number of hydrogen-bond donors (Lipinski definition) is 0. The van der Waals surface area contributed by atoms with Crippen LogP contribution in [0.5, 0.6) is 0 Å². The van der Waals surface area contributed by atoms with Gasteiger partial charge in [-0.15, -0.1) is 5.10 Å². The Bertz CT molecular complexity index is 392. The molecule has 0 radical (unpaired) electrons. The van der Waals surface area contributed by atoms with Gasteiger partial charge in [0.05, 0.1) is 5.69 Å². The molecule has 1 aliphatic carbocycles. The van der Waals surface area contributed by atoms with Crippen LogP contribution in [0.15, 0.2) is 0 Å². The fraction of sp³-hybridized carbons (Fsp3) is 0.786. The van der Waals surface area contributed by atoms with Crippen molar-refractivity contribution in [2.75, 3.05) is 0 Å². The van der Waals surface area contributed by atoms with E-state index in [4.69, 9.17) is 0 Å². The first-order chi connectivity index (χ1) is 8.72. The molecule has 1 fully saturated rings. The minimum Gasteiger partial charge on any atom is -0.296 e. The predicted octanol–water partition coefficient (Wildman–Crippen LogP) is 3.18. The van der Waals surface area contributed by atoms with Crippen molar-refractivity contribution in [1.82, 2.24) is 15.0 Å². The van der Waals surface area contributed by atoms with Crippen LogP contribution in [0.4, 0.5) is 0 Å². The van der Waals surface area contributed by atoms with Gasteiger partial charge in [0.2, 0.25) is 0 Å². The second-order valence-electron chi connectivity index (χ2n) is 5.62. The van der Waals surface area contributed by atoms with Gasteiger partial charge in [-0.1, -0.05) is 37.3 Å². The largest absolute Gasteiger partial charge is 0.296 e. The van der Waals surface area contributed by atoms with E-state index in [1.54, 1.807) is 0 Å². The minimum absolute atomic E-state index is 0.271. The molecule has 0 spiro atoms. The topological polar surface area (TPSA) is 47.8 Å². The van der Waals surface area contributed by atoms with E-state index >= 15 is 0 Å². The van der Waals surface area contributed by atoms with Crippen molar-refractivity contribution in [3.05, 3.63) is 11.4 Å². The van der Waals surface area contributed by atoms with E-state index in [9.17, 15) is 4.79 Å². The molecule has 1 aromatic rings. The standard InChI is InChI=1S/C14H23N3O/c1-11(2)17-14(13(10-18)15-16-17)9-8-12-6-4-3-5-7-12/h10-12H,3-9H2,1-2H3. The second-order valence-corrected chi connectivity index (χ2v) is 5.62. The second kappa shape index (κ2) is 6.12. The van der Waals surface area contributed by atoms with Crippen LogP contribution in [0.2, 0.25) is 0 Å². The number of carbonyl (C=O) groups is 1. The van der Waals surface area contributed by atoms with Crippen LogP contribution in [0, 0.1) is 5.92 Å². The highest BCUT2D eigenvalue weighted by Gasteiger charge is 2.18. The maximum Gasteiger partial charge on any atom is 0.172 e. The van der Waals surface area contributed by atoms with Gasteiger partial charge in [0.25, 0.3) is 0 Å². The Morgan fingerprint density at radius 1 is 1.33 bits per heavy atom. The lowest BCUT2D eigenvalue weighted by atomic mass is 9.85. The zero-order valence-electron chi connectivity index (χ0n) is 11.4. The predicted molar refractivity (Wildman–Crippen MR) is 70.7 cm³/mol. The van der Waals surface area contributed by atoms with Crippen molar-refractivity contribution >= 4 is 6.29 Å². The zero-order chi connectivity index (χ0) is 13.0. The molecule has 0 unspecified atom stereocenters. The van der Waals surface area contributed by atoms with Crippen LogP contribution in [0.3, 0.4) is 0 Å². The van der Waals surface area contributed by atoms with Crippen LogP contribution >= 0.6 is 0 Å². The van der Waals surface area contributed by atoms with Gasteiger partial charge in [-0.05, 0) is 32.6 Å². The first kappa shape index (κ1) is 13.2. The summed E-state index contributed by atoms with van der Waals surface area (Å²) < 4.78 is 1.90. The van der Waals surface area contributed by atoms with E-state index in [1.807, 2.05) is 4.68 Å². The third kappa shape index (κ3) is 2.98. The molecule has 100 valence electrons. The van der Waals surface area contributed by atoms with E-state index < -0.39 is 0 Å². The van der Waals surface area contributed by atoms with E-state index in [0.29, 0.717) is 5.69 Å². The lowest BCUT2D eigenvalue weighted by molar-refractivity contribution is 0.111. The molecule has 0 aromatic carbocycles. The molecule has 0 atom stereocenters. The summed E-state index contributed by atoms with van der Waals surface area (Å²) in [6.07, 6.45) is 9.76. The molecule has 18 heavy (non-hydrogen) atoms. The molecule has 1 aliphatic rings. The summed E-state index contributed by atoms with van der Waals surface area (Å²) in [6, 6.07) is 0.271. The molecule has 1 heterocycles. The Balaban J connectivity index is 2.02. The summed E-state index contributed by atoms with van der Waals surface area (Å²) in [5, 5.41) is 8.05. The average molecular weight is 249 g/mol. The number of hydrogen-bond acceptors (Lipinski definition) is 3. The monoisotopic (exact) mass is 249 g/mol. The van der Waals surface area contributed by atoms with Crippen LogP contribution in [-0.2, 0) is 6.42 Å². The zero-order valence-corrected chi connectivity index (χ0v) is 11.4. The van der Waals surface area contributed by atoms with Crippen molar-refractivity contribution in [1.29, 1.82) is 0 Å². The van der Waals surface area contributed by atoms with Crippen LogP contribution in [0.1, 0.15) is 74.6 Å². The van der Waals surface area contributed by atoms with Gasteiger partial charge in [-0.2, -0.15) is 0 Å². The molecule has 0 aliphatic heterocycles. The lowest BCUT2D eigenvalue weighted by Crippen LogP contribution is -2.12. The van der Waals surface area contributed by atoms with E-state index in [-0.39, 0.29) is 6.04 Å². The lowest BCUT2D eigenvalue weighted by Gasteiger charge is -2.21. The average Bonchev–Trinajstić information content (AvgIpc) is 2.80. The smallest absolute Gasteiger partial charge is 0.172 e. The van der Waals surface area contributed by atoms with Crippen molar-refractivity contribution in [3.63, 3.8) is 0 Å². The summed E-state index contributed by atoms with van der Waals surface area (Å²) in [4.78, 5) is 11.0. The minimum atomic E-state index is 0.271. The Labute approximate surface area is 109 Å². The number of carbonyl (C=O) groups excluding carboxylic acids is 1. The Morgan fingerprint density at radius 2 is 2.06 bits per heavy atom. The summed E-state index contributed by atoms with van der Waals surface area (Å²) in [5.74, 6) is 0.828. The molecule has 0 bridgehead atoms. The highest BCUT2D eigenvalue weighted by molar-refractivity contribution is 5.73. The number of aromatic nitrogens is 3. The highest BCUT2D eigenvalue weighted by atomic mass is 16.1. The Morgan fingerprint density at radius 3 is 2.67 bits per heavy atom. The molecule has 4 heteroatoms. The van der Waals surface area contributed by atoms with Crippen molar-refractivity contribution in [3.8, 4) is 0 Å². The van der Waals surface area contributed by atoms with Gasteiger partial charge >= 0.3 is 0 Å². The van der Waals surface area contributed by atoms with Crippen molar-refractivity contribution in [2.24, 2.45) is 5.92 Å². The molecule has 1 saturated carbocycles. The molecule has 1 aromatic heterocycles. The normalized spacial score (nSPS) is 17.3. The summed E-state index contributed by atoms with van der Waals surface area (Å²) in [6.45, 7) is 4.15. The number of aldehydes is 1. The fourth-order valence-electron chi connectivity index (χ4n) is 2.89. The maximum atomic E-state index is 11.0. The summed E-state index contributed by atoms with van der Waals surface area (Å²) in [5.41, 5.74) is 1.55. The van der Waals surface area contributed by atoms with Gasteiger partial charge < -0.3 is 0 Å². The molecule has 0 N–H and O–H groups in total. The van der Waals surface area contributed by atoms with Crippen LogP contribution < -0.4 is 0 Å². The van der Waals surface area contributed by atoms with E-state index in [0.717, 1.165) is 24.3 Å². The molecular weight excluding hydrogens is 226 g/mol. The SMILES string of the molecule is CC(C)n1nnc(C=O)c1CCC1CCCCC1. The Kier molecular flexibility index (Phi) is 4.50. The number of rotatable bonds is 5.